The maximum Gasteiger partial charge on any atom is 0.266 e. The van der Waals surface area contributed by atoms with Crippen molar-refractivity contribution in [3.8, 4) is 5.75 Å². The summed E-state index contributed by atoms with van der Waals surface area (Å²) in [6.07, 6.45) is 2.00. The van der Waals surface area contributed by atoms with Crippen LogP contribution in [0.3, 0.4) is 0 Å². The number of benzene rings is 2. The topological polar surface area (TPSA) is 51.7 Å². The van der Waals surface area contributed by atoms with Gasteiger partial charge in [0.15, 0.2) is 11.7 Å². The fourth-order valence-corrected chi connectivity index (χ4v) is 4.51. The van der Waals surface area contributed by atoms with Gasteiger partial charge in [-0.3, -0.25) is 9.69 Å². The van der Waals surface area contributed by atoms with Crippen molar-refractivity contribution in [2.24, 2.45) is 0 Å². The number of aromatic nitrogens is 1. The molecule has 1 atom stereocenters. The first-order valence-electron chi connectivity index (χ1n) is 9.68. The number of ether oxygens (including phenoxy) is 2. The van der Waals surface area contributed by atoms with Crippen molar-refractivity contribution in [1.82, 2.24) is 4.98 Å². The van der Waals surface area contributed by atoms with Crippen LogP contribution in [0.1, 0.15) is 24.0 Å². The van der Waals surface area contributed by atoms with Crippen molar-refractivity contribution in [3.63, 3.8) is 0 Å². The van der Waals surface area contributed by atoms with Crippen LogP contribution in [0.4, 0.5) is 5.13 Å². The van der Waals surface area contributed by atoms with Crippen molar-refractivity contribution in [2.45, 2.75) is 32.8 Å². The smallest absolute Gasteiger partial charge is 0.266 e. The van der Waals surface area contributed by atoms with Crippen LogP contribution in [0.25, 0.3) is 10.2 Å². The summed E-state index contributed by atoms with van der Waals surface area (Å²) < 4.78 is 12.5. The number of thiazole rings is 1. The molecule has 0 bridgehead atoms. The molecule has 2 aromatic carbocycles. The van der Waals surface area contributed by atoms with E-state index in [0.717, 1.165) is 29.7 Å². The quantitative estimate of drug-likeness (QED) is 0.542. The van der Waals surface area contributed by atoms with E-state index in [0.29, 0.717) is 22.4 Å². The second-order valence-corrected chi connectivity index (χ2v) is 8.73. The van der Waals surface area contributed by atoms with Crippen LogP contribution in [-0.2, 0) is 9.53 Å². The van der Waals surface area contributed by atoms with Gasteiger partial charge in [-0.25, -0.2) is 4.98 Å². The molecule has 1 aliphatic heterocycles. The standard InChI is InChI=1S/C22H23ClN2O3S/c1-14-10-19-20(11-15(14)2)29-22(24-19)25(12-18-4-3-9-27-18)21(26)13-28-17-7-5-16(23)6-8-17/h5-8,10-11,18H,3-4,9,12-13H2,1-2H3. The van der Waals surface area contributed by atoms with Gasteiger partial charge in [-0.15, -0.1) is 0 Å². The lowest BCUT2D eigenvalue weighted by Crippen LogP contribution is -2.40. The van der Waals surface area contributed by atoms with Gasteiger partial charge in [-0.2, -0.15) is 0 Å². The number of rotatable bonds is 6. The van der Waals surface area contributed by atoms with Gasteiger partial charge in [-0.1, -0.05) is 22.9 Å². The lowest BCUT2D eigenvalue weighted by molar-refractivity contribution is -0.120. The lowest BCUT2D eigenvalue weighted by atomic mass is 10.1. The molecular weight excluding hydrogens is 408 g/mol. The molecule has 1 fully saturated rings. The average Bonchev–Trinajstić information content (AvgIpc) is 3.35. The highest BCUT2D eigenvalue weighted by molar-refractivity contribution is 7.22. The summed E-state index contributed by atoms with van der Waals surface area (Å²) in [7, 11) is 0. The van der Waals surface area contributed by atoms with E-state index in [1.165, 1.54) is 22.5 Å². The van der Waals surface area contributed by atoms with E-state index in [9.17, 15) is 4.79 Å². The minimum absolute atomic E-state index is 0.0324. The SMILES string of the molecule is Cc1cc2nc(N(CC3CCCO3)C(=O)COc3ccc(Cl)cc3)sc2cc1C. The Kier molecular flexibility index (Phi) is 6.04. The molecule has 29 heavy (non-hydrogen) atoms. The van der Waals surface area contributed by atoms with Crippen molar-refractivity contribution >= 4 is 44.2 Å². The first-order valence-corrected chi connectivity index (χ1v) is 10.9. The summed E-state index contributed by atoms with van der Waals surface area (Å²) in [5, 5.41) is 1.31. The first-order chi connectivity index (χ1) is 14.0. The minimum atomic E-state index is -0.136. The largest absolute Gasteiger partial charge is 0.484 e. The predicted molar refractivity (Wildman–Crippen MR) is 117 cm³/mol. The average molecular weight is 431 g/mol. The van der Waals surface area contributed by atoms with Crippen LogP contribution in [-0.4, -0.2) is 36.8 Å². The number of amides is 1. The Balaban J connectivity index is 1.56. The number of hydrogen-bond donors (Lipinski definition) is 0. The number of halogens is 1. The van der Waals surface area contributed by atoms with E-state index in [2.05, 4.69) is 26.0 Å². The summed E-state index contributed by atoms with van der Waals surface area (Å²) in [5.74, 6) is 0.471. The minimum Gasteiger partial charge on any atom is -0.484 e. The number of aryl methyl sites for hydroxylation is 2. The van der Waals surface area contributed by atoms with E-state index in [-0.39, 0.29) is 18.6 Å². The highest BCUT2D eigenvalue weighted by atomic mass is 35.5. The molecular formula is C22H23ClN2O3S. The molecule has 0 saturated carbocycles. The summed E-state index contributed by atoms with van der Waals surface area (Å²) in [6, 6.07) is 11.2. The van der Waals surface area contributed by atoms with Crippen molar-refractivity contribution in [3.05, 3.63) is 52.5 Å². The van der Waals surface area contributed by atoms with Gasteiger partial charge in [-0.05, 0) is 74.2 Å². The Bertz CT molecular complexity index is 974. The second kappa shape index (κ2) is 8.69. The molecule has 1 amide bonds. The van der Waals surface area contributed by atoms with Crippen molar-refractivity contribution in [1.29, 1.82) is 0 Å². The molecule has 2 heterocycles. The number of fused-ring (bicyclic) bond motifs is 1. The monoisotopic (exact) mass is 430 g/mol. The molecule has 1 saturated heterocycles. The molecule has 0 spiro atoms. The Morgan fingerprint density at radius 2 is 2.03 bits per heavy atom. The van der Waals surface area contributed by atoms with Crippen LogP contribution in [0.5, 0.6) is 5.75 Å². The van der Waals surface area contributed by atoms with Crippen LogP contribution in [0, 0.1) is 13.8 Å². The summed E-state index contributed by atoms with van der Waals surface area (Å²) in [4.78, 5) is 19.5. The normalized spacial score (nSPS) is 16.3. The summed E-state index contributed by atoms with van der Waals surface area (Å²) >= 11 is 7.44. The van der Waals surface area contributed by atoms with Gasteiger partial charge in [0.1, 0.15) is 5.75 Å². The number of nitrogens with zero attached hydrogens (tertiary/aromatic N) is 2. The Morgan fingerprint density at radius 3 is 2.76 bits per heavy atom. The fraction of sp³-hybridized carbons (Fsp3) is 0.364. The summed E-state index contributed by atoms with van der Waals surface area (Å²) in [5.41, 5.74) is 3.32. The van der Waals surface area contributed by atoms with Crippen LogP contribution in [0.15, 0.2) is 36.4 Å². The fourth-order valence-electron chi connectivity index (χ4n) is 3.32. The van der Waals surface area contributed by atoms with Gasteiger partial charge in [0, 0.05) is 11.6 Å². The van der Waals surface area contributed by atoms with Gasteiger partial charge >= 0.3 is 0 Å². The van der Waals surface area contributed by atoms with Gasteiger partial charge in [0.05, 0.1) is 22.9 Å². The molecule has 0 aliphatic carbocycles. The molecule has 0 radical (unpaired) electrons. The van der Waals surface area contributed by atoms with Crippen LogP contribution < -0.4 is 9.64 Å². The summed E-state index contributed by atoms with van der Waals surface area (Å²) in [6.45, 7) is 5.32. The van der Waals surface area contributed by atoms with Crippen LogP contribution >= 0.6 is 22.9 Å². The maximum absolute atomic E-state index is 13.1. The lowest BCUT2D eigenvalue weighted by Gasteiger charge is -2.23. The third-order valence-corrected chi connectivity index (χ3v) is 6.40. The number of carbonyl (C=O) groups is 1. The predicted octanol–water partition coefficient (Wildman–Crippen LogP) is 5.16. The molecule has 1 aromatic heterocycles. The number of carbonyl (C=O) groups excluding carboxylic acids is 1. The van der Waals surface area contributed by atoms with Crippen molar-refractivity contribution in [2.75, 3.05) is 24.7 Å². The zero-order valence-electron chi connectivity index (χ0n) is 16.5. The van der Waals surface area contributed by atoms with E-state index in [1.807, 2.05) is 0 Å². The Morgan fingerprint density at radius 1 is 1.28 bits per heavy atom. The van der Waals surface area contributed by atoms with E-state index >= 15 is 0 Å². The molecule has 0 N–H and O–H groups in total. The molecule has 4 rings (SSSR count). The third-order valence-electron chi connectivity index (χ3n) is 5.11. The molecule has 5 nitrogen and oxygen atoms in total. The number of hydrogen-bond acceptors (Lipinski definition) is 5. The molecule has 152 valence electrons. The van der Waals surface area contributed by atoms with Gasteiger partial charge in [0.2, 0.25) is 0 Å². The highest BCUT2D eigenvalue weighted by Gasteiger charge is 2.26. The highest BCUT2D eigenvalue weighted by Crippen LogP contribution is 2.32. The van der Waals surface area contributed by atoms with E-state index in [4.69, 9.17) is 26.1 Å². The second-order valence-electron chi connectivity index (χ2n) is 7.28. The first kappa shape index (κ1) is 20.1. The Hall–Kier alpha value is -2.15. The maximum atomic E-state index is 13.1. The van der Waals surface area contributed by atoms with Gasteiger partial charge < -0.3 is 9.47 Å². The van der Waals surface area contributed by atoms with Gasteiger partial charge in [0.25, 0.3) is 5.91 Å². The molecule has 1 aliphatic rings. The molecule has 3 aromatic rings. The van der Waals surface area contributed by atoms with E-state index < -0.39 is 0 Å². The van der Waals surface area contributed by atoms with E-state index in [1.54, 1.807) is 29.2 Å². The van der Waals surface area contributed by atoms with Crippen molar-refractivity contribution < 1.29 is 14.3 Å². The van der Waals surface area contributed by atoms with Crippen LogP contribution in [0.2, 0.25) is 5.02 Å². The molecule has 1 unspecified atom stereocenters. The zero-order valence-corrected chi connectivity index (χ0v) is 18.1. The number of anilines is 1. The Labute approximate surface area is 179 Å². The zero-order chi connectivity index (χ0) is 20.4. The molecule has 7 heteroatoms. The third kappa shape index (κ3) is 4.71.